The van der Waals surface area contributed by atoms with Crippen molar-refractivity contribution in [3.8, 4) is 0 Å². The van der Waals surface area contributed by atoms with Crippen molar-refractivity contribution in [2.24, 2.45) is 5.92 Å². The summed E-state index contributed by atoms with van der Waals surface area (Å²) >= 11 is 0. The van der Waals surface area contributed by atoms with Gasteiger partial charge in [0.05, 0.1) is 6.10 Å². The van der Waals surface area contributed by atoms with Gasteiger partial charge in [-0.3, -0.25) is 4.79 Å². The molecule has 3 nitrogen and oxygen atoms in total. The first kappa shape index (κ1) is 12.1. The number of aliphatic hydroxyl groups excluding tert-OH is 1. The zero-order valence-electron chi connectivity index (χ0n) is 10.3. The van der Waals surface area contributed by atoms with Gasteiger partial charge in [-0.1, -0.05) is 26.0 Å². The quantitative estimate of drug-likeness (QED) is 0.842. The third-order valence-electron chi connectivity index (χ3n) is 3.33. The summed E-state index contributed by atoms with van der Waals surface area (Å²) in [5, 5.41) is 12.0. The van der Waals surface area contributed by atoms with Gasteiger partial charge in [-0.05, 0) is 36.5 Å². The average molecular weight is 233 g/mol. The molecule has 2 rings (SSSR count). The standard InChI is InChI=1S/C14H19NO2/c1-9(2)10-3-5-12(6-4-10)15-14(17)11-7-13(16)8-11/h3-6,9,11,13,16H,7-8H2,1-2H3,(H,15,17). The van der Waals surface area contributed by atoms with E-state index in [9.17, 15) is 4.79 Å². The molecule has 17 heavy (non-hydrogen) atoms. The van der Waals surface area contributed by atoms with Gasteiger partial charge in [-0.25, -0.2) is 0 Å². The number of benzene rings is 1. The maximum absolute atomic E-state index is 11.7. The Bertz CT molecular complexity index is 391. The van der Waals surface area contributed by atoms with Crippen molar-refractivity contribution in [2.75, 3.05) is 5.32 Å². The lowest BCUT2D eigenvalue weighted by Crippen LogP contribution is -2.37. The fourth-order valence-electron chi connectivity index (χ4n) is 2.00. The number of anilines is 1. The molecule has 0 aromatic heterocycles. The number of carbonyl (C=O) groups is 1. The van der Waals surface area contributed by atoms with Crippen molar-refractivity contribution in [3.05, 3.63) is 29.8 Å². The van der Waals surface area contributed by atoms with E-state index in [0.29, 0.717) is 18.8 Å². The summed E-state index contributed by atoms with van der Waals surface area (Å²) in [5.74, 6) is 0.504. The maximum atomic E-state index is 11.7. The van der Waals surface area contributed by atoms with Crippen molar-refractivity contribution < 1.29 is 9.90 Å². The first-order chi connectivity index (χ1) is 8.06. The van der Waals surface area contributed by atoms with Crippen molar-refractivity contribution in [2.45, 2.75) is 38.7 Å². The molecule has 1 fully saturated rings. The Labute approximate surface area is 102 Å². The van der Waals surface area contributed by atoms with Crippen LogP contribution in [0.1, 0.15) is 38.2 Å². The van der Waals surface area contributed by atoms with E-state index in [-0.39, 0.29) is 17.9 Å². The van der Waals surface area contributed by atoms with Gasteiger partial charge in [0.1, 0.15) is 0 Å². The molecule has 3 heteroatoms. The summed E-state index contributed by atoms with van der Waals surface area (Å²) < 4.78 is 0. The van der Waals surface area contributed by atoms with E-state index in [1.807, 2.05) is 24.3 Å². The van der Waals surface area contributed by atoms with E-state index >= 15 is 0 Å². The lowest BCUT2D eigenvalue weighted by atomic mass is 9.82. The first-order valence-corrected chi connectivity index (χ1v) is 6.15. The predicted octanol–water partition coefficient (Wildman–Crippen LogP) is 2.52. The van der Waals surface area contributed by atoms with Crippen LogP contribution in [-0.4, -0.2) is 17.1 Å². The number of hydrogen-bond donors (Lipinski definition) is 2. The van der Waals surface area contributed by atoms with Crippen LogP contribution in [0, 0.1) is 5.92 Å². The number of aliphatic hydroxyl groups is 1. The van der Waals surface area contributed by atoms with E-state index in [0.717, 1.165) is 5.69 Å². The molecule has 0 heterocycles. The highest BCUT2D eigenvalue weighted by Gasteiger charge is 2.32. The third-order valence-corrected chi connectivity index (χ3v) is 3.33. The topological polar surface area (TPSA) is 49.3 Å². The molecule has 1 aliphatic rings. The number of amides is 1. The number of hydrogen-bond acceptors (Lipinski definition) is 2. The fraction of sp³-hybridized carbons (Fsp3) is 0.500. The third kappa shape index (κ3) is 2.86. The molecule has 1 saturated carbocycles. The van der Waals surface area contributed by atoms with E-state index in [1.54, 1.807) is 0 Å². The highest BCUT2D eigenvalue weighted by molar-refractivity contribution is 5.93. The van der Waals surface area contributed by atoms with E-state index in [4.69, 9.17) is 5.11 Å². The maximum Gasteiger partial charge on any atom is 0.227 e. The van der Waals surface area contributed by atoms with Crippen LogP contribution in [0.15, 0.2) is 24.3 Å². The normalized spacial score (nSPS) is 23.3. The average Bonchev–Trinajstić information content (AvgIpc) is 2.25. The highest BCUT2D eigenvalue weighted by Crippen LogP contribution is 2.28. The van der Waals surface area contributed by atoms with Gasteiger partial charge in [0.25, 0.3) is 0 Å². The summed E-state index contributed by atoms with van der Waals surface area (Å²) in [6, 6.07) is 7.94. The highest BCUT2D eigenvalue weighted by atomic mass is 16.3. The van der Waals surface area contributed by atoms with Crippen LogP contribution in [-0.2, 0) is 4.79 Å². The Hall–Kier alpha value is -1.35. The molecule has 0 atom stereocenters. The van der Waals surface area contributed by atoms with Crippen LogP contribution >= 0.6 is 0 Å². The van der Waals surface area contributed by atoms with Gasteiger partial charge in [-0.2, -0.15) is 0 Å². The minimum atomic E-state index is -0.283. The molecular weight excluding hydrogens is 214 g/mol. The summed E-state index contributed by atoms with van der Waals surface area (Å²) in [5.41, 5.74) is 2.10. The summed E-state index contributed by atoms with van der Waals surface area (Å²) in [6.07, 6.45) is 0.903. The molecule has 0 unspecified atom stereocenters. The van der Waals surface area contributed by atoms with Crippen LogP contribution in [0.5, 0.6) is 0 Å². The Balaban J connectivity index is 1.92. The smallest absolute Gasteiger partial charge is 0.227 e. The summed E-state index contributed by atoms with van der Waals surface area (Å²) in [6.45, 7) is 4.28. The second kappa shape index (κ2) is 4.88. The van der Waals surface area contributed by atoms with E-state index in [1.165, 1.54) is 5.56 Å². The molecule has 0 saturated heterocycles. The number of carbonyl (C=O) groups excluding carboxylic acids is 1. The molecule has 0 radical (unpaired) electrons. The molecule has 1 aliphatic carbocycles. The lowest BCUT2D eigenvalue weighted by Gasteiger charge is -2.30. The first-order valence-electron chi connectivity index (χ1n) is 6.15. The molecular formula is C14H19NO2. The monoisotopic (exact) mass is 233 g/mol. The van der Waals surface area contributed by atoms with Crippen molar-refractivity contribution >= 4 is 11.6 Å². The van der Waals surface area contributed by atoms with Gasteiger partial charge in [0, 0.05) is 11.6 Å². The number of rotatable bonds is 3. The lowest BCUT2D eigenvalue weighted by molar-refractivity contribution is -0.126. The molecule has 1 amide bonds. The van der Waals surface area contributed by atoms with Crippen LogP contribution in [0.3, 0.4) is 0 Å². The molecule has 0 spiro atoms. The van der Waals surface area contributed by atoms with Gasteiger partial charge in [0.15, 0.2) is 0 Å². The summed E-state index contributed by atoms with van der Waals surface area (Å²) in [7, 11) is 0. The van der Waals surface area contributed by atoms with Gasteiger partial charge in [-0.15, -0.1) is 0 Å². The van der Waals surface area contributed by atoms with E-state index < -0.39 is 0 Å². The zero-order valence-corrected chi connectivity index (χ0v) is 10.3. The Morgan fingerprint density at radius 2 is 1.88 bits per heavy atom. The minimum absolute atomic E-state index is 0.0187. The van der Waals surface area contributed by atoms with Crippen LogP contribution in [0.2, 0.25) is 0 Å². The molecule has 1 aromatic carbocycles. The van der Waals surface area contributed by atoms with Crippen LogP contribution < -0.4 is 5.32 Å². The molecule has 92 valence electrons. The second-order valence-electron chi connectivity index (χ2n) is 5.09. The van der Waals surface area contributed by atoms with Crippen molar-refractivity contribution in [1.29, 1.82) is 0 Å². The number of nitrogens with one attached hydrogen (secondary N) is 1. The Morgan fingerprint density at radius 3 is 2.35 bits per heavy atom. The molecule has 0 aliphatic heterocycles. The molecule has 2 N–H and O–H groups in total. The van der Waals surface area contributed by atoms with Crippen molar-refractivity contribution in [1.82, 2.24) is 0 Å². The van der Waals surface area contributed by atoms with Crippen molar-refractivity contribution in [3.63, 3.8) is 0 Å². The summed E-state index contributed by atoms with van der Waals surface area (Å²) in [4.78, 5) is 11.7. The predicted molar refractivity (Wildman–Crippen MR) is 67.9 cm³/mol. The minimum Gasteiger partial charge on any atom is -0.393 e. The van der Waals surface area contributed by atoms with Crippen LogP contribution in [0.25, 0.3) is 0 Å². The fourth-order valence-corrected chi connectivity index (χ4v) is 2.00. The van der Waals surface area contributed by atoms with Gasteiger partial charge >= 0.3 is 0 Å². The Morgan fingerprint density at radius 1 is 1.29 bits per heavy atom. The second-order valence-corrected chi connectivity index (χ2v) is 5.09. The van der Waals surface area contributed by atoms with Crippen LogP contribution in [0.4, 0.5) is 5.69 Å². The van der Waals surface area contributed by atoms with E-state index in [2.05, 4.69) is 19.2 Å². The Kier molecular flexibility index (Phi) is 3.48. The van der Waals surface area contributed by atoms with Gasteiger partial charge in [0.2, 0.25) is 5.91 Å². The molecule has 0 bridgehead atoms. The largest absolute Gasteiger partial charge is 0.393 e. The molecule has 1 aromatic rings. The SMILES string of the molecule is CC(C)c1ccc(NC(=O)C2CC(O)C2)cc1. The van der Waals surface area contributed by atoms with Gasteiger partial charge < -0.3 is 10.4 Å². The zero-order chi connectivity index (χ0) is 12.4.